The Balaban J connectivity index is 2.60. The molecule has 1 aliphatic rings. The molecule has 1 aliphatic heterocycles. The minimum Gasteiger partial charge on any atom is -0.399 e. The van der Waals surface area contributed by atoms with Crippen LogP contribution in [0.25, 0.3) is 0 Å². The molecule has 0 radical (unpaired) electrons. The predicted molar refractivity (Wildman–Crippen MR) is 57.2 cm³/mol. The van der Waals surface area contributed by atoms with Crippen LogP contribution in [-0.2, 0) is 5.41 Å². The molecular formula is C11H16N2. The van der Waals surface area contributed by atoms with Crippen molar-refractivity contribution in [3.05, 3.63) is 23.8 Å². The van der Waals surface area contributed by atoms with Crippen LogP contribution in [0, 0.1) is 0 Å². The van der Waals surface area contributed by atoms with E-state index in [4.69, 9.17) is 5.73 Å². The van der Waals surface area contributed by atoms with Gasteiger partial charge in [-0.05, 0) is 23.8 Å². The van der Waals surface area contributed by atoms with E-state index in [9.17, 15) is 0 Å². The Labute approximate surface area is 79.4 Å². The maximum absolute atomic E-state index is 5.78. The van der Waals surface area contributed by atoms with E-state index in [0.717, 1.165) is 12.2 Å². The van der Waals surface area contributed by atoms with Gasteiger partial charge in [0.2, 0.25) is 0 Å². The molecule has 0 saturated carbocycles. The van der Waals surface area contributed by atoms with E-state index in [-0.39, 0.29) is 5.41 Å². The summed E-state index contributed by atoms with van der Waals surface area (Å²) < 4.78 is 0. The predicted octanol–water partition coefficient (Wildman–Crippen LogP) is 2.00. The number of nitrogens with zero attached hydrogens (tertiary/aromatic N) is 1. The molecule has 0 aliphatic carbocycles. The van der Waals surface area contributed by atoms with Crippen LogP contribution in [0.1, 0.15) is 19.4 Å². The molecule has 0 amide bonds. The molecule has 1 aromatic rings. The molecule has 70 valence electrons. The molecule has 0 aromatic heterocycles. The van der Waals surface area contributed by atoms with Crippen LogP contribution in [0.2, 0.25) is 0 Å². The quantitative estimate of drug-likeness (QED) is 0.612. The molecule has 2 N–H and O–H groups in total. The molecule has 1 heterocycles. The smallest absolute Gasteiger partial charge is 0.0404 e. The highest BCUT2D eigenvalue weighted by Gasteiger charge is 2.32. The second-order valence-corrected chi connectivity index (χ2v) is 4.52. The fraction of sp³-hybridized carbons (Fsp3) is 0.455. The van der Waals surface area contributed by atoms with Crippen LogP contribution in [-0.4, -0.2) is 13.6 Å². The van der Waals surface area contributed by atoms with E-state index in [0.29, 0.717) is 0 Å². The average Bonchev–Trinajstić information content (AvgIpc) is 2.23. The largest absolute Gasteiger partial charge is 0.399 e. The maximum atomic E-state index is 5.78. The highest BCUT2D eigenvalue weighted by molar-refractivity contribution is 5.65. The van der Waals surface area contributed by atoms with Gasteiger partial charge in [0, 0.05) is 30.4 Å². The summed E-state index contributed by atoms with van der Waals surface area (Å²) in [6.07, 6.45) is 0. The van der Waals surface area contributed by atoms with Crippen LogP contribution >= 0.6 is 0 Å². The van der Waals surface area contributed by atoms with E-state index < -0.39 is 0 Å². The van der Waals surface area contributed by atoms with E-state index >= 15 is 0 Å². The summed E-state index contributed by atoms with van der Waals surface area (Å²) in [5.41, 5.74) is 9.57. The first-order valence-electron chi connectivity index (χ1n) is 4.62. The molecule has 1 aromatic carbocycles. The van der Waals surface area contributed by atoms with Gasteiger partial charge in [-0.25, -0.2) is 0 Å². The maximum Gasteiger partial charge on any atom is 0.0404 e. The molecule has 0 spiro atoms. The first-order chi connectivity index (χ1) is 6.00. The lowest BCUT2D eigenvalue weighted by Crippen LogP contribution is -2.24. The number of benzene rings is 1. The fourth-order valence-corrected chi connectivity index (χ4v) is 2.19. The number of rotatable bonds is 0. The van der Waals surface area contributed by atoms with Crippen LogP contribution in [0.5, 0.6) is 0 Å². The summed E-state index contributed by atoms with van der Waals surface area (Å²) in [5.74, 6) is 0. The van der Waals surface area contributed by atoms with Crippen molar-refractivity contribution in [1.29, 1.82) is 0 Å². The zero-order chi connectivity index (χ0) is 9.64. The Hall–Kier alpha value is -1.18. The van der Waals surface area contributed by atoms with Crippen LogP contribution < -0.4 is 10.6 Å². The molecule has 2 nitrogen and oxygen atoms in total. The first-order valence-corrected chi connectivity index (χ1v) is 4.62. The van der Waals surface area contributed by atoms with Gasteiger partial charge in [0.15, 0.2) is 0 Å². The Morgan fingerprint density at radius 2 is 2.08 bits per heavy atom. The van der Waals surface area contributed by atoms with Gasteiger partial charge < -0.3 is 10.6 Å². The highest BCUT2D eigenvalue weighted by atomic mass is 15.1. The first kappa shape index (κ1) is 8.42. The third-order valence-electron chi connectivity index (χ3n) is 2.79. The second kappa shape index (κ2) is 2.41. The zero-order valence-electron chi connectivity index (χ0n) is 8.46. The lowest BCUT2D eigenvalue weighted by Gasteiger charge is -2.18. The molecule has 13 heavy (non-hydrogen) atoms. The van der Waals surface area contributed by atoms with Gasteiger partial charge in [-0.2, -0.15) is 0 Å². The second-order valence-electron chi connectivity index (χ2n) is 4.52. The van der Waals surface area contributed by atoms with Crippen molar-refractivity contribution < 1.29 is 0 Å². The van der Waals surface area contributed by atoms with Crippen molar-refractivity contribution in [2.75, 3.05) is 24.2 Å². The third-order valence-corrected chi connectivity index (χ3v) is 2.79. The Morgan fingerprint density at radius 3 is 2.77 bits per heavy atom. The molecule has 0 unspecified atom stereocenters. The molecule has 0 atom stereocenters. The summed E-state index contributed by atoms with van der Waals surface area (Å²) in [6.45, 7) is 5.59. The minimum absolute atomic E-state index is 0.236. The summed E-state index contributed by atoms with van der Waals surface area (Å²) in [7, 11) is 2.13. The van der Waals surface area contributed by atoms with Crippen molar-refractivity contribution in [2.24, 2.45) is 0 Å². The molecule has 2 rings (SSSR count). The molecule has 0 bridgehead atoms. The summed E-state index contributed by atoms with van der Waals surface area (Å²) in [4.78, 5) is 2.29. The normalized spacial score (nSPS) is 18.8. The van der Waals surface area contributed by atoms with E-state index in [1.807, 2.05) is 6.07 Å². The molecule has 2 heteroatoms. The third kappa shape index (κ3) is 1.17. The zero-order valence-corrected chi connectivity index (χ0v) is 8.46. The van der Waals surface area contributed by atoms with E-state index in [1.54, 1.807) is 0 Å². The van der Waals surface area contributed by atoms with Gasteiger partial charge in [-0.1, -0.05) is 13.8 Å². The van der Waals surface area contributed by atoms with Crippen LogP contribution in [0.15, 0.2) is 18.2 Å². The van der Waals surface area contributed by atoms with Crippen LogP contribution in [0.3, 0.4) is 0 Å². The van der Waals surface area contributed by atoms with Crippen molar-refractivity contribution in [1.82, 2.24) is 0 Å². The number of nitrogens with two attached hydrogens (primary N) is 1. The molecular weight excluding hydrogens is 160 g/mol. The van der Waals surface area contributed by atoms with Crippen molar-refractivity contribution in [3.8, 4) is 0 Å². The van der Waals surface area contributed by atoms with Gasteiger partial charge in [-0.15, -0.1) is 0 Å². The number of likely N-dealkylation sites (N-methyl/N-ethyl adjacent to an activating group) is 1. The standard InChI is InChI=1S/C11H16N2/c1-11(2)7-13(3)10-5-4-8(12)6-9(10)11/h4-6H,7,12H2,1-3H3. The van der Waals surface area contributed by atoms with Crippen molar-refractivity contribution in [2.45, 2.75) is 19.3 Å². The van der Waals surface area contributed by atoms with Gasteiger partial charge in [0.05, 0.1) is 0 Å². The highest BCUT2D eigenvalue weighted by Crippen LogP contribution is 2.40. The minimum atomic E-state index is 0.236. The Bertz CT molecular complexity index is 342. The van der Waals surface area contributed by atoms with Gasteiger partial charge in [0.25, 0.3) is 0 Å². The average molecular weight is 176 g/mol. The van der Waals surface area contributed by atoms with Crippen molar-refractivity contribution >= 4 is 11.4 Å². The fourth-order valence-electron chi connectivity index (χ4n) is 2.19. The summed E-state index contributed by atoms with van der Waals surface area (Å²) >= 11 is 0. The van der Waals surface area contributed by atoms with Gasteiger partial charge in [-0.3, -0.25) is 0 Å². The topological polar surface area (TPSA) is 29.3 Å². The lowest BCUT2D eigenvalue weighted by atomic mass is 9.87. The van der Waals surface area contributed by atoms with E-state index in [2.05, 4.69) is 37.9 Å². The number of hydrogen-bond acceptors (Lipinski definition) is 2. The summed E-state index contributed by atoms with van der Waals surface area (Å²) in [6, 6.07) is 6.18. The van der Waals surface area contributed by atoms with Gasteiger partial charge >= 0.3 is 0 Å². The Morgan fingerprint density at radius 1 is 1.38 bits per heavy atom. The number of fused-ring (bicyclic) bond motifs is 1. The number of nitrogen functional groups attached to an aromatic ring is 1. The molecule has 0 fully saturated rings. The SMILES string of the molecule is CN1CC(C)(C)c2cc(N)ccc21. The summed E-state index contributed by atoms with van der Waals surface area (Å²) in [5, 5.41) is 0. The number of hydrogen-bond donors (Lipinski definition) is 1. The van der Waals surface area contributed by atoms with Crippen molar-refractivity contribution in [3.63, 3.8) is 0 Å². The monoisotopic (exact) mass is 176 g/mol. The van der Waals surface area contributed by atoms with E-state index in [1.165, 1.54) is 11.3 Å². The lowest BCUT2D eigenvalue weighted by molar-refractivity contribution is 0.563. The molecule has 0 saturated heterocycles. The number of anilines is 2. The van der Waals surface area contributed by atoms with Gasteiger partial charge in [0.1, 0.15) is 0 Å². The van der Waals surface area contributed by atoms with Crippen LogP contribution in [0.4, 0.5) is 11.4 Å². The Kier molecular flexibility index (Phi) is 1.56.